The minimum absolute atomic E-state index is 0. The van der Waals surface area contributed by atoms with E-state index in [4.69, 9.17) is 0 Å². The molecule has 0 spiro atoms. The third-order valence-corrected chi connectivity index (χ3v) is 0. The van der Waals surface area contributed by atoms with Crippen molar-refractivity contribution in [2.45, 2.75) is 0 Å². The zero-order valence-electron chi connectivity index (χ0n) is 2.64. The summed E-state index contributed by atoms with van der Waals surface area (Å²) >= 11 is 0. The van der Waals surface area contributed by atoms with Crippen molar-refractivity contribution in [2.24, 2.45) is 0 Å². The molecule has 0 aromatic rings. The largest absolute Gasteiger partial charge is 5.00 e. The van der Waals surface area contributed by atoms with E-state index >= 15 is 0 Å². The standard InChI is InChI=1S/Ce.Nb.O.Sr.Y/q+3;+5;-2;+2;+3. The van der Waals surface area contributed by atoms with Gasteiger partial charge in [-0.2, -0.15) is 0 Å². The Kier molecular flexibility index (Phi) is 156. The molecular weight excluding hydrogens is 426 g/mol. The smallest absolute Gasteiger partial charge is 2.00 e. The molecule has 0 amide bonds. The predicted molar refractivity (Wildman–Crippen MR) is 6.44 cm³/mol. The van der Waals surface area contributed by atoms with E-state index < -0.39 is 0 Å². The van der Waals surface area contributed by atoms with Crippen molar-refractivity contribution in [1.82, 2.24) is 0 Å². The summed E-state index contributed by atoms with van der Waals surface area (Å²) in [5.41, 5.74) is 0. The van der Waals surface area contributed by atoms with Crippen molar-refractivity contribution in [3.63, 3.8) is 0 Å². The minimum atomic E-state index is 0. The summed E-state index contributed by atoms with van der Waals surface area (Å²) in [5.74, 6) is 0. The maximum absolute atomic E-state index is 0. The Morgan fingerprint density at radius 3 is 1.00 bits per heavy atom. The van der Waals surface area contributed by atoms with Gasteiger partial charge in [0.25, 0.3) is 0 Å². The molecule has 0 heterocycles. The van der Waals surface area contributed by atoms with Crippen LogP contribution in [0, 0.1) is 41.7 Å². The molecular formula is CeNbOSrY+11. The van der Waals surface area contributed by atoms with Gasteiger partial charge >= 0.3 is 142 Å². The van der Waals surface area contributed by atoms with Gasteiger partial charge in [-0.1, -0.05) is 0 Å². The Labute approximate surface area is 143 Å². The van der Waals surface area contributed by atoms with Crippen LogP contribution in [-0.2, 0) is 60.6 Å². The van der Waals surface area contributed by atoms with Gasteiger partial charge in [-0.05, 0) is 0 Å². The fourth-order valence-electron chi connectivity index (χ4n) is 0. The molecule has 0 bridgehead atoms. The van der Waals surface area contributed by atoms with Crippen molar-refractivity contribution in [3.8, 4) is 0 Å². The summed E-state index contributed by atoms with van der Waals surface area (Å²) in [7, 11) is 0. The first-order chi connectivity index (χ1) is 0. The van der Waals surface area contributed by atoms with Gasteiger partial charge in [-0.25, -0.2) is 0 Å². The molecule has 0 aliphatic heterocycles. The Morgan fingerprint density at radius 2 is 1.00 bits per heavy atom. The Morgan fingerprint density at radius 1 is 1.00 bits per heavy atom. The fourth-order valence-corrected chi connectivity index (χ4v) is 0. The van der Waals surface area contributed by atoms with E-state index in [9.17, 15) is 0 Å². The second kappa shape index (κ2) is 23.4. The van der Waals surface area contributed by atoms with Gasteiger partial charge in [0, 0.05) is 0 Å². The van der Waals surface area contributed by atoms with E-state index in [-0.39, 0.29) is 148 Å². The topological polar surface area (TPSA) is 28.5 Å². The van der Waals surface area contributed by atoms with Crippen LogP contribution in [0.3, 0.4) is 0 Å². The molecule has 0 saturated carbocycles. The molecule has 5 heteroatoms. The summed E-state index contributed by atoms with van der Waals surface area (Å²) in [6.07, 6.45) is 0. The van der Waals surface area contributed by atoms with Crippen molar-refractivity contribution in [2.75, 3.05) is 0 Å². The molecule has 0 saturated heterocycles. The number of rotatable bonds is 0. The van der Waals surface area contributed by atoms with Gasteiger partial charge in [0.1, 0.15) is 0 Å². The quantitative estimate of drug-likeness (QED) is 0.468. The molecule has 1 radical (unpaired) electrons. The summed E-state index contributed by atoms with van der Waals surface area (Å²) in [5, 5.41) is 0. The van der Waals surface area contributed by atoms with Crippen LogP contribution in [-0.4, -0.2) is 45.5 Å². The van der Waals surface area contributed by atoms with E-state index in [2.05, 4.69) is 0 Å². The fraction of sp³-hybridized carbons (Fsp3) is 0. The third kappa shape index (κ3) is 17.7. The first-order valence-electron chi connectivity index (χ1n) is 0. The normalized spacial score (nSPS) is 0. The summed E-state index contributed by atoms with van der Waals surface area (Å²) in [4.78, 5) is 0. The molecule has 0 atom stereocenters. The molecule has 0 rings (SSSR count). The zero-order valence-corrected chi connectivity index (χ0v) is 14.3. The SMILES string of the molecule is [Ce+3].[Nb+5].[O-2].[Sr+2].[Y+3]. The van der Waals surface area contributed by atoms with Gasteiger partial charge in [0.15, 0.2) is 0 Å². The minimum Gasteiger partial charge on any atom is -2.00 e. The average molecular weight is 426 g/mol. The molecule has 0 aromatic carbocycles. The van der Waals surface area contributed by atoms with Crippen LogP contribution in [0.15, 0.2) is 0 Å². The van der Waals surface area contributed by atoms with Crippen molar-refractivity contribution < 1.29 is 102 Å². The Balaban J connectivity index is 0. The summed E-state index contributed by atoms with van der Waals surface area (Å²) in [6.45, 7) is 0. The number of hydrogen-bond donors (Lipinski definition) is 0. The van der Waals surface area contributed by atoms with E-state index in [1.165, 1.54) is 0 Å². The molecule has 0 aliphatic carbocycles. The molecule has 0 N–H and O–H groups in total. The zero-order chi connectivity index (χ0) is 0. The van der Waals surface area contributed by atoms with Gasteiger partial charge < -0.3 is 5.48 Å². The third-order valence-electron chi connectivity index (χ3n) is 0. The van der Waals surface area contributed by atoms with Gasteiger partial charge in [-0.3, -0.25) is 0 Å². The number of hydrogen-bond acceptors (Lipinski definition) is 0. The second-order valence-electron chi connectivity index (χ2n) is 0. The van der Waals surface area contributed by atoms with Crippen LogP contribution in [0.1, 0.15) is 0 Å². The molecule has 1 nitrogen and oxygen atoms in total. The maximum atomic E-state index is 0. The molecule has 9 valence electrons. The molecule has 0 aromatic heterocycles. The van der Waals surface area contributed by atoms with Crippen LogP contribution < -0.4 is 0 Å². The molecule has 0 unspecified atom stereocenters. The van der Waals surface area contributed by atoms with Crippen LogP contribution in [0.25, 0.3) is 0 Å². The molecule has 0 aliphatic rings. The van der Waals surface area contributed by atoms with Crippen LogP contribution in [0.4, 0.5) is 0 Å². The van der Waals surface area contributed by atoms with Gasteiger partial charge in [-0.15, -0.1) is 0 Å². The first-order valence-corrected chi connectivity index (χ1v) is 0. The maximum Gasteiger partial charge on any atom is 5.00 e. The Bertz CT molecular complexity index is 11.6. The van der Waals surface area contributed by atoms with Crippen LogP contribution in [0.2, 0.25) is 0 Å². The van der Waals surface area contributed by atoms with E-state index in [0.717, 1.165) is 0 Å². The van der Waals surface area contributed by atoms with Crippen LogP contribution >= 0.6 is 0 Å². The van der Waals surface area contributed by atoms with E-state index in [0.29, 0.717) is 0 Å². The molecule has 0 fully saturated rings. The predicted octanol–water partition coefficient (Wildman–Crippen LogP) is -0.505. The second-order valence-corrected chi connectivity index (χ2v) is 0. The Hall–Kier alpha value is 4.66. The van der Waals surface area contributed by atoms with Gasteiger partial charge in [0.2, 0.25) is 0 Å². The average Bonchev–Trinajstić information content (AvgIpc) is 0. The molecule has 5 heavy (non-hydrogen) atoms. The monoisotopic (exact) mass is 426 g/mol. The summed E-state index contributed by atoms with van der Waals surface area (Å²) in [6, 6.07) is 0. The van der Waals surface area contributed by atoms with E-state index in [1.807, 2.05) is 0 Å². The van der Waals surface area contributed by atoms with Crippen molar-refractivity contribution in [1.29, 1.82) is 0 Å². The van der Waals surface area contributed by atoms with Crippen molar-refractivity contribution in [3.05, 3.63) is 0 Å². The van der Waals surface area contributed by atoms with Crippen molar-refractivity contribution >= 4 is 45.5 Å². The van der Waals surface area contributed by atoms with E-state index in [1.54, 1.807) is 0 Å². The summed E-state index contributed by atoms with van der Waals surface area (Å²) < 4.78 is 0. The van der Waals surface area contributed by atoms with Gasteiger partial charge in [0.05, 0.1) is 0 Å². The first kappa shape index (κ1) is 33.4. The van der Waals surface area contributed by atoms with Crippen LogP contribution in [0.5, 0.6) is 0 Å².